The zero-order valence-corrected chi connectivity index (χ0v) is 16.1. The molecule has 0 radical (unpaired) electrons. The Hall–Kier alpha value is -3.13. The predicted octanol–water partition coefficient (Wildman–Crippen LogP) is 3.42. The highest BCUT2D eigenvalue weighted by atomic mass is 32.2. The van der Waals surface area contributed by atoms with E-state index in [1.165, 1.54) is 18.2 Å². The number of rotatable bonds is 5. The molecular formula is C20H18FN3O3S. The lowest BCUT2D eigenvalue weighted by molar-refractivity contribution is -0.113. The molecule has 0 unspecified atom stereocenters. The number of aromatic hydroxyl groups is 1. The number of anilines is 1. The number of halogens is 1. The Morgan fingerprint density at radius 1 is 1.18 bits per heavy atom. The lowest BCUT2D eigenvalue weighted by Crippen LogP contribution is -2.22. The molecule has 3 rings (SSSR count). The standard InChI is InChI=1S/C20H18FN3O3S/c1-12-6-5-7-13(2)19(12)22-17(26)11-28-20-23-16(25)10-18(27)24(20)15-9-4-3-8-14(15)21/h3-10,25H,11H2,1-2H3,(H,22,26). The van der Waals surface area contributed by atoms with E-state index < -0.39 is 17.3 Å². The third-order valence-electron chi connectivity index (χ3n) is 4.05. The number of aryl methyl sites for hydroxylation is 2. The van der Waals surface area contributed by atoms with Crippen LogP contribution in [0, 0.1) is 19.7 Å². The highest BCUT2D eigenvalue weighted by molar-refractivity contribution is 7.99. The van der Waals surface area contributed by atoms with Crippen molar-refractivity contribution in [2.24, 2.45) is 0 Å². The molecule has 0 bridgehead atoms. The number of nitrogens with one attached hydrogen (secondary N) is 1. The monoisotopic (exact) mass is 399 g/mol. The zero-order chi connectivity index (χ0) is 20.3. The lowest BCUT2D eigenvalue weighted by Gasteiger charge is -2.13. The van der Waals surface area contributed by atoms with E-state index in [-0.39, 0.29) is 22.5 Å². The number of thioether (sulfide) groups is 1. The smallest absolute Gasteiger partial charge is 0.262 e. The maximum Gasteiger partial charge on any atom is 0.262 e. The van der Waals surface area contributed by atoms with Crippen molar-refractivity contribution < 1.29 is 14.3 Å². The minimum Gasteiger partial charge on any atom is -0.493 e. The van der Waals surface area contributed by atoms with Crippen molar-refractivity contribution in [3.8, 4) is 11.6 Å². The fourth-order valence-corrected chi connectivity index (χ4v) is 3.53. The third kappa shape index (κ3) is 4.23. The van der Waals surface area contributed by atoms with Crippen molar-refractivity contribution >= 4 is 23.4 Å². The number of nitrogens with zero attached hydrogens (tertiary/aromatic N) is 2. The number of amides is 1. The Bertz CT molecular complexity index is 1080. The van der Waals surface area contributed by atoms with Crippen molar-refractivity contribution in [2.45, 2.75) is 19.0 Å². The Morgan fingerprint density at radius 2 is 1.86 bits per heavy atom. The van der Waals surface area contributed by atoms with Gasteiger partial charge < -0.3 is 10.4 Å². The number of hydrogen-bond donors (Lipinski definition) is 2. The van der Waals surface area contributed by atoms with Crippen LogP contribution in [0.15, 0.2) is 58.5 Å². The van der Waals surface area contributed by atoms with Crippen molar-refractivity contribution in [2.75, 3.05) is 11.1 Å². The van der Waals surface area contributed by atoms with E-state index in [4.69, 9.17) is 0 Å². The first-order valence-electron chi connectivity index (χ1n) is 8.43. The number of carbonyl (C=O) groups is 1. The average molecular weight is 399 g/mol. The molecule has 2 aromatic carbocycles. The lowest BCUT2D eigenvalue weighted by atomic mass is 10.1. The molecular weight excluding hydrogens is 381 g/mol. The van der Waals surface area contributed by atoms with Gasteiger partial charge in [-0.05, 0) is 37.1 Å². The summed E-state index contributed by atoms with van der Waals surface area (Å²) in [6.45, 7) is 3.78. The summed E-state index contributed by atoms with van der Waals surface area (Å²) in [5, 5.41) is 12.5. The third-order valence-corrected chi connectivity index (χ3v) is 4.98. The van der Waals surface area contributed by atoms with Crippen LogP contribution in [0.25, 0.3) is 5.69 Å². The molecule has 0 atom stereocenters. The van der Waals surface area contributed by atoms with E-state index in [1.807, 2.05) is 32.0 Å². The molecule has 28 heavy (non-hydrogen) atoms. The first-order valence-corrected chi connectivity index (χ1v) is 9.42. The largest absolute Gasteiger partial charge is 0.493 e. The fourth-order valence-electron chi connectivity index (χ4n) is 2.72. The van der Waals surface area contributed by atoms with Crippen molar-refractivity contribution in [1.29, 1.82) is 0 Å². The van der Waals surface area contributed by atoms with Crippen molar-refractivity contribution in [3.63, 3.8) is 0 Å². The van der Waals surface area contributed by atoms with Crippen LogP contribution >= 0.6 is 11.8 Å². The zero-order valence-electron chi connectivity index (χ0n) is 15.3. The summed E-state index contributed by atoms with van der Waals surface area (Å²) in [6, 6.07) is 12.3. The molecule has 0 aliphatic rings. The molecule has 0 fully saturated rings. The number of aromatic nitrogens is 2. The van der Waals surface area contributed by atoms with Crippen LogP contribution in [-0.2, 0) is 4.79 Å². The second-order valence-corrected chi connectivity index (χ2v) is 7.07. The van der Waals surface area contributed by atoms with Crippen molar-refractivity contribution in [1.82, 2.24) is 9.55 Å². The summed E-state index contributed by atoms with van der Waals surface area (Å²) in [5.74, 6) is -1.48. The molecule has 0 spiro atoms. The molecule has 1 heterocycles. The first-order chi connectivity index (χ1) is 13.4. The predicted molar refractivity (Wildman–Crippen MR) is 107 cm³/mol. The van der Waals surface area contributed by atoms with Gasteiger partial charge in [-0.15, -0.1) is 0 Å². The van der Waals surface area contributed by atoms with Gasteiger partial charge in [-0.2, -0.15) is 4.98 Å². The van der Waals surface area contributed by atoms with Gasteiger partial charge in [0, 0.05) is 5.69 Å². The summed E-state index contributed by atoms with van der Waals surface area (Å²) in [6.07, 6.45) is 0. The number of hydrogen-bond acceptors (Lipinski definition) is 5. The van der Waals surface area contributed by atoms with Gasteiger partial charge in [0.25, 0.3) is 5.56 Å². The van der Waals surface area contributed by atoms with Gasteiger partial charge in [0.05, 0.1) is 17.5 Å². The van der Waals surface area contributed by atoms with E-state index >= 15 is 0 Å². The summed E-state index contributed by atoms with van der Waals surface area (Å²) in [7, 11) is 0. The second kappa shape index (κ2) is 8.26. The van der Waals surface area contributed by atoms with Crippen LogP contribution in [0.3, 0.4) is 0 Å². The molecule has 144 valence electrons. The van der Waals surface area contributed by atoms with Crippen LogP contribution < -0.4 is 10.9 Å². The summed E-state index contributed by atoms with van der Waals surface area (Å²) < 4.78 is 15.2. The highest BCUT2D eigenvalue weighted by Gasteiger charge is 2.16. The van der Waals surface area contributed by atoms with Crippen LogP contribution in [0.5, 0.6) is 5.88 Å². The van der Waals surface area contributed by atoms with E-state index in [2.05, 4.69) is 10.3 Å². The van der Waals surface area contributed by atoms with E-state index in [0.717, 1.165) is 39.2 Å². The quantitative estimate of drug-likeness (QED) is 0.507. The molecule has 8 heteroatoms. The van der Waals surface area contributed by atoms with Gasteiger partial charge in [-0.3, -0.25) is 14.2 Å². The number of carbonyl (C=O) groups excluding carboxylic acids is 1. The average Bonchev–Trinajstić information content (AvgIpc) is 2.64. The maximum atomic E-state index is 14.2. The first kappa shape index (κ1) is 19.6. The number of para-hydroxylation sites is 2. The summed E-state index contributed by atoms with van der Waals surface area (Å²) in [4.78, 5) is 28.6. The normalized spacial score (nSPS) is 10.7. The van der Waals surface area contributed by atoms with Crippen LogP contribution in [-0.4, -0.2) is 26.3 Å². The minimum atomic E-state index is -0.643. The van der Waals surface area contributed by atoms with Crippen molar-refractivity contribution in [3.05, 3.63) is 75.8 Å². The molecule has 0 saturated carbocycles. The summed E-state index contributed by atoms with van der Waals surface area (Å²) in [5.41, 5.74) is 1.94. The Balaban J connectivity index is 1.86. The number of benzene rings is 2. The van der Waals surface area contributed by atoms with Crippen LogP contribution in [0.2, 0.25) is 0 Å². The van der Waals surface area contributed by atoms with Gasteiger partial charge in [0.2, 0.25) is 11.8 Å². The van der Waals surface area contributed by atoms with E-state index in [1.54, 1.807) is 6.07 Å². The minimum absolute atomic E-state index is 0.00217. The van der Waals surface area contributed by atoms with E-state index in [9.17, 15) is 19.1 Å². The molecule has 3 aromatic rings. The van der Waals surface area contributed by atoms with Gasteiger partial charge in [0.1, 0.15) is 5.82 Å². The Labute approximate surface area is 165 Å². The fraction of sp³-hybridized carbons (Fsp3) is 0.150. The highest BCUT2D eigenvalue weighted by Crippen LogP contribution is 2.23. The van der Waals surface area contributed by atoms with Gasteiger partial charge in [-0.1, -0.05) is 42.1 Å². The second-order valence-electron chi connectivity index (χ2n) is 6.13. The summed E-state index contributed by atoms with van der Waals surface area (Å²) >= 11 is 0.931. The SMILES string of the molecule is Cc1cccc(C)c1NC(=O)CSc1nc(O)cc(=O)n1-c1ccccc1F. The Morgan fingerprint density at radius 3 is 2.54 bits per heavy atom. The van der Waals surface area contributed by atoms with Crippen LogP contribution in [0.4, 0.5) is 10.1 Å². The topological polar surface area (TPSA) is 84.2 Å². The molecule has 1 aromatic heterocycles. The van der Waals surface area contributed by atoms with Gasteiger partial charge >= 0.3 is 0 Å². The molecule has 0 saturated heterocycles. The van der Waals surface area contributed by atoms with Crippen LogP contribution in [0.1, 0.15) is 11.1 Å². The molecule has 0 aliphatic carbocycles. The van der Waals surface area contributed by atoms with Gasteiger partial charge in [-0.25, -0.2) is 4.39 Å². The molecule has 2 N–H and O–H groups in total. The molecule has 0 aliphatic heterocycles. The maximum absolute atomic E-state index is 14.2. The molecule has 6 nitrogen and oxygen atoms in total. The van der Waals surface area contributed by atoms with Gasteiger partial charge in [0.15, 0.2) is 5.16 Å². The van der Waals surface area contributed by atoms with E-state index in [0.29, 0.717) is 0 Å². The Kier molecular flexibility index (Phi) is 5.79. The molecule has 1 amide bonds.